The highest BCUT2D eigenvalue weighted by molar-refractivity contribution is 5.68. The first-order chi connectivity index (χ1) is 14.4. The molecule has 6 nitrogen and oxygen atoms in total. The maximum atomic E-state index is 11.9. The quantitative estimate of drug-likeness (QED) is 0.144. The Hall–Kier alpha value is -1.14. The minimum absolute atomic E-state index is 0.211. The highest BCUT2D eigenvalue weighted by Gasteiger charge is 2.25. The lowest BCUT2D eigenvalue weighted by Crippen LogP contribution is -2.28. The van der Waals surface area contributed by atoms with Crippen LogP contribution in [0.15, 0.2) is 0 Å². The molecule has 0 saturated carbocycles. The van der Waals surface area contributed by atoms with Gasteiger partial charge in [0.2, 0.25) is 0 Å². The van der Waals surface area contributed by atoms with E-state index in [0.717, 1.165) is 51.4 Å². The predicted molar refractivity (Wildman–Crippen MR) is 128 cm³/mol. The molecule has 0 aromatic carbocycles. The van der Waals surface area contributed by atoms with Gasteiger partial charge in [0.1, 0.15) is 11.2 Å². The van der Waals surface area contributed by atoms with Gasteiger partial charge in [-0.05, 0) is 77.0 Å². The van der Waals surface area contributed by atoms with Crippen molar-refractivity contribution in [2.24, 2.45) is 10.8 Å². The van der Waals surface area contributed by atoms with E-state index in [4.69, 9.17) is 19.6 Å². The van der Waals surface area contributed by atoms with E-state index in [2.05, 4.69) is 41.5 Å². The van der Waals surface area contributed by atoms with Gasteiger partial charge in [0.25, 0.3) is 0 Å². The molecule has 0 aliphatic carbocycles. The average Bonchev–Trinajstić information content (AvgIpc) is 2.60. The SMILES string of the molecule is CC(C)(C)CCCC(=O)OOC(C)(C)CCCCC(C)(C)OOC(=O)CCCC(C)(C)C. The molecule has 0 fully saturated rings. The van der Waals surface area contributed by atoms with Crippen molar-refractivity contribution in [1.29, 1.82) is 0 Å². The molecule has 0 unspecified atom stereocenters. The Labute approximate surface area is 196 Å². The molecular formula is C26H50O6. The van der Waals surface area contributed by atoms with Crippen LogP contribution in [-0.2, 0) is 29.1 Å². The van der Waals surface area contributed by atoms with Gasteiger partial charge in [-0.25, -0.2) is 9.59 Å². The van der Waals surface area contributed by atoms with E-state index in [9.17, 15) is 9.59 Å². The highest BCUT2D eigenvalue weighted by atomic mass is 17.2. The smallest absolute Gasteiger partial charge is 0.298 e. The summed E-state index contributed by atoms with van der Waals surface area (Å²) in [5.41, 5.74) is -0.681. The van der Waals surface area contributed by atoms with Gasteiger partial charge in [-0.2, -0.15) is 9.78 Å². The zero-order valence-corrected chi connectivity index (χ0v) is 22.5. The highest BCUT2D eigenvalue weighted by Crippen LogP contribution is 2.25. The molecule has 0 aliphatic heterocycles. The first-order valence-electron chi connectivity index (χ1n) is 12.2. The molecule has 0 aromatic rings. The second-order valence-corrected chi connectivity index (χ2v) is 12.6. The fraction of sp³-hybridized carbons (Fsp3) is 0.923. The lowest BCUT2D eigenvalue weighted by atomic mass is 9.90. The summed E-state index contributed by atoms with van der Waals surface area (Å²) in [5.74, 6) is -0.637. The lowest BCUT2D eigenvalue weighted by Gasteiger charge is -2.25. The van der Waals surface area contributed by atoms with Crippen LogP contribution in [0.2, 0.25) is 0 Å². The van der Waals surface area contributed by atoms with Crippen molar-refractivity contribution in [2.75, 3.05) is 0 Å². The van der Waals surface area contributed by atoms with Crippen molar-refractivity contribution in [2.45, 2.75) is 145 Å². The third-order valence-electron chi connectivity index (χ3n) is 5.14. The van der Waals surface area contributed by atoms with Crippen molar-refractivity contribution in [3.8, 4) is 0 Å². The van der Waals surface area contributed by atoms with Gasteiger partial charge in [0, 0.05) is 12.8 Å². The van der Waals surface area contributed by atoms with E-state index < -0.39 is 11.2 Å². The van der Waals surface area contributed by atoms with Crippen LogP contribution in [0.3, 0.4) is 0 Å². The Morgan fingerprint density at radius 3 is 1.09 bits per heavy atom. The largest absolute Gasteiger partial charge is 0.342 e. The maximum absolute atomic E-state index is 11.9. The monoisotopic (exact) mass is 458 g/mol. The zero-order chi connectivity index (χ0) is 25.1. The molecule has 0 radical (unpaired) electrons. The van der Waals surface area contributed by atoms with Gasteiger partial charge >= 0.3 is 11.9 Å². The van der Waals surface area contributed by atoms with Gasteiger partial charge in [-0.3, -0.25) is 9.78 Å². The zero-order valence-electron chi connectivity index (χ0n) is 22.5. The van der Waals surface area contributed by atoms with Gasteiger partial charge in [-0.15, -0.1) is 0 Å². The van der Waals surface area contributed by atoms with Crippen molar-refractivity contribution in [3.63, 3.8) is 0 Å². The van der Waals surface area contributed by atoms with E-state index in [1.165, 1.54) is 0 Å². The van der Waals surface area contributed by atoms with E-state index in [0.29, 0.717) is 12.8 Å². The molecule has 0 spiro atoms. The number of rotatable bonds is 15. The fourth-order valence-electron chi connectivity index (χ4n) is 3.11. The van der Waals surface area contributed by atoms with Crippen LogP contribution in [0.1, 0.15) is 133 Å². The van der Waals surface area contributed by atoms with Crippen LogP contribution in [0, 0.1) is 10.8 Å². The second-order valence-electron chi connectivity index (χ2n) is 12.6. The van der Waals surface area contributed by atoms with Crippen molar-refractivity contribution in [1.82, 2.24) is 0 Å². The summed E-state index contributed by atoms with van der Waals surface area (Å²) in [6.45, 7) is 20.6. The second kappa shape index (κ2) is 13.5. The normalized spacial score (nSPS) is 13.2. The van der Waals surface area contributed by atoms with E-state index in [1.54, 1.807) is 0 Å². The van der Waals surface area contributed by atoms with Crippen LogP contribution in [-0.4, -0.2) is 23.1 Å². The molecule has 0 amide bonds. The molecule has 0 aliphatic rings. The molecule has 0 atom stereocenters. The maximum Gasteiger partial charge on any atom is 0.342 e. The molecule has 0 rings (SSSR count). The number of carbonyl (C=O) groups excluding carboxylic acids is 2. The summed E-state index contributed by atoms with van der Waals surface area (Å²) in [7, 11) is 0. The third kappa shape index (κ3) is 19.5. The van der Waals surface area contributed by atoms with Crippen molar-refractivity contribution >= 4 is 11.9 Å². The molecule has 32 heavy (non-hydrogen) atoms. The standard InChI is InChI=1S/C26H50O6/c1-23(2,3)17-13-15-21(27)29-31-25(7,8)19-11-12-20-26(9,10)32-30-22(28)16-14-18-24(4,5)6/h11-20H2,1-10H3. The van der Waals surface area contributed by atoms with E-state index >= 15 is 0 Å². The van der Waals surface area contributed by atoms with Crippen LogP contribution in [0.25, 0.3) is 0 Å². The minimum atomic E-state index is -0.551. The van der Waals surface area contributed by atoms with Crippen LogP contribution in [0.4, 0.5) is 0 Å². The predicted octanol–water partition coefficient (Wildman–Crippen LogP) is 7.49. The van der Waals surface area contributed by atoms with Crippen LogP contribution >= 0.6 is 0 Å². The minimum Gasteiger partial charge on any atom is -0.298 e. The third-order valence-corrected chi connectivity index (χ3v) is 5.14. The Morgan fingerprint density at radius 1 is 0.500 bits per heavy atom. The molecular weight excluding hydrogens is 408 g/mol. The Morgan fingerprint density at radius 2 is 0.812 bits per heavy atom. The van der Waals surface area contributed by atoms with Gasteiger partial charge in [0.15, 0.2) is 0 Å². The molecule has 0 heterocycles. The summed E-state index contributed by atoms with van der Waals surface area (Å²) in [6, 6.07) is 0. The molecule has 0 aromatic heterocycles. The number of carbonyl (C=O) groups is 2. The van der Waals surface area contributed by atoms with Gasteiger partial charge in [-0.1, -0.05) is 54.4 Å². The first-order valence-corrected chi connectivity index (χ1v) is 12.2. The number of hydrogen-bond donors (Lipinski definition) is 0. The Balaban J connectivity index is 4.03. The Bertz CT molecular complexity index is 502. The average molecular weight is 459 g/mol. The van der Waals surface area contributed by atoms with Crippen molar-refractivity contribution in [3.05, 3.63) is 0 Å². The molecule has 0 N–H and O–H groups in total. The summed E-state index contributed by atoms with van der Waals surface area (Å²) in [5, 5.41) is 0. The summed E-state index contributed by atoms with van der Waals surface area (Å²) in [4.78, 5) is 44.6. The summed E-state index contributed by atoms with van der Waals surface area (Å²) in [6.07, 6.45) is 7.50. The molecule has 190 valence electrons. The fourth-order valence-corrected chi connectivity index (χ4v) is 3.11. The number of hydrogen-bond acceptors (Lipinski definition) is 6. The number of unbranched alkanes of at least 4 members (excludes halogenated alkanes) is 1. The molecule has 6 heteroatoms. The summed E-state index contributed by atoms with van der Waals surface area (Å²) >= 11 is 0. The summed E-state index contributed by atoms with van der Waals surface area (Å²) < 4.78 is 0. The van der Waals surface area contributed by atoms with E-state index in [1.807, 2.05) is 27.7 Å². The van der Waals surface area contributed by atoms with Gasteiger partial charge in [0.05, 0.1) is 0 Å². The van der Waals surface area contributed by atoms with Crippen LogP contribution < -0.4 is 0 Å². The van der Waals surface area contributed by atoms with E-state index in [-0.39, 0.29) is 22.8 Å². The Kier molecular flexibility index (Phi) is 13.1. The lowest BCUT2D eigenvalue weighted by molar-refractivity contribution is -0.329. The van der Waals surface area contributed by atoms with Crippen molar-refractivity contribution < 1.29 is 29.1 Å². The topological polar surface area (TPSA) is 71.1 Å². The first kappa shape index (κ1) is 30.9. The van der Waals surface area contributed by atoms with Crippen LogP contribution in [0.5, 0.6) is 0 Å². The van der Waals surface area contributed by atoms with Gasteiger partial charge < -0.3 is 0 Å². The molecule has 0 bridgehead atoms. The molecule has 0 saturated heterocycles.